The summed E-state index contributed by atoms with van der Waals surface area (Å²) >= 11 is 0. The smallest absolute Gasteiger partial charge is 0.410 e. The Morgan fingerprint density at radius 3 is 1.36 bits per heavy atom. The summed E-state index contributed by atoms with van der Waals surface area (Å²) in [6.07, 6.45) is -6.50. The molecule has 32 heteroatoms. The molecule has 7 rings (SSSR count). The number of hydrogen-bond donors (Lipinski definition) is 13. The first-order valence-electron chi connectivity index (χ1n) is 36.8. The van der Waals surface area contributed by atoms with E-state index in [4.69, 9.17) is 67.3 Å². The van der Waals surface area contributed by atoms with Gasteiger partial charge in [0.2, 0.25) is 12.6 Å². The number of rotatable bonds is 23. The first-order valence-corrected chi connectivity index (χ1v) is 36.8. The first-order chi connectivity index (χ1) is 48.1. The highest BCUT2D eigenvalue weighted by molar-refractivity contribution is 5.69. The fraction of sp³-hybridized carbons (Fsp3) is 0.889. The quantitative estimate of drug-likeness (QED) is 0.0510. The van der Waals surface area contributed by atoms with Crippen molar-refractivity contribution in [1.82, 2.24) is 36.4 Å². The lowest BCUT2D eigenvalue weighted by atomic mass is 9.80. The molecule has 32 nitrogen and oxygen atoms in total. The zero-order valence-corrected chi connectivity index (χ0v) is 65.8. The molecule has 3 saturated heterocycles. The molecule has 0 aromatic carbocycles. The van der Waals surface area contributed by atoms with Crippen LogP contribution in [0.15, 0.2) is 23.7 Å². The van der Waals surface area contributed by atoms with Gasteiger partial charge in [-0.1, -0.05) is 27.7 Å². The van der Waals surface area contributed by atoms with Crippen LogP contribution in [0.2, 0.25) is 0 Å². The summed E-state index contributed by atoms with van der Waals surface area (Å²) in [7, 11) is 6.40. The van der Waals surface area contributed by atoms with Crippen LogP contribution in [-0.2, 0) is 61.6 Å². The Bertz CT molecular complexity index is 2740. The van der Waals surface area contributed by atoms with Crippen molar-refractivity contribution in [2.24, 2.45) is 17.6 Å². The van der Waals surface area contributed by atoms with Crippen molar-refractivity contribution < 1.29 is 117 Å². The van der Waals surface area contributed by atoms with Crippen LogP contribution in [0.3, 0.4) is 0 Å². The average molecular weight is 1490 g/mol. The number of likely N-dealkylation sites (N-methyl/N-ethyl adjacent to an activating group) is 4. The summed E-state index contributed by atoms with van der Waals surface area (Å²) in [5.41, 5.74) is 0.433. The highest BCUT2D eigenvalue weighted by Gasteiger charge is 2.56. The Morgan fingerprint density at radius 2 is 0.962 bits per heavy atom. The van der Waals surface area contributed by atoms with E-state index >= 15 is 0 Å². The fourth-order valence-electron chi connectivity index (χ4n) is 13.3. The molecule has 104 heavy (non-hydrogen) atoms. The second-order valence-electron chi connectivity index (χ2n) is 32.9. The topological polar surface area (TPSA) is 426 Å². The van der Waals surface area contributed by atoms with Crippen molar-refractivity contribution in [3.05, 3.63) is 23.7 Å². The maximum Gasteiger partial charge on any atom is 0.410 e. The second-order valence-corrected chi connectivity index (χ2v) is 32.9. The third-order valence-electron chi connectivity index (χ3n) is 18.6. The molecule has 0 radical (unpaired) electrons. The number of epoxide rings is 1. The van der Waals surface area contributed by atoms with Crippen LogP contribution in [0.4, 0.5) is 19.2 Å². The largest absolute Gasteiger partial charge is 0.468 e. The molecule has 0 aromatic heterocycles. The normalized spacial score (nSPS) is 35.5. The number of aliphatic hydroxyl groups excluding tert-OH is 5. The van der Waals surface area contributed by atoms with Gasteiger partial charge in [0.05, 0.1) is 79.9 Å². The van der Waals surface area contributed by atoms with Gasteiger partial charge in [-0.25, -0.2) is 19.2 Å². The lowest BCUT2D eigenvalue weighted by Crippen LogP contribution is -2.69. The van der Waals surface area contributed by atoms with Crippen molar-refractivity contribution in [1.29, 1.82) is 0 Å². The summed E-state index contributed by atoms with van der Waals surface area (Å²) in [6, 6.07) is -3.64. The van der Waals surface area contributed by atoms with Crippen molar-refractivity contribution in [3.8, 4) is 0 Å². The number of amides is 4. The van der Waals surface area contributed by atoms with Crippen LogP contribution < -0.4 is 32.3 Å². The van der Waals surface area contributed by atoms with Crippen LogP contribution in [0.25, 0.3) is 0 Å². The van der Waals surface area contributed by atoms with Gasteiger partial charge in [-0.2, -0.15) is 0 Å². The molecule has 0 aromatic rings. The molecule has 4 amide bonds. The molecule has 2 aliphatic carbocycles. The number of allylic oxidation sites excluding steroid dienone is 2. The predicted octanol–water partition coefficient (Wildman–Crippen LogP) is 3.84. The zero-order chi connectivity index (χ0) is 78.4. The minimum absolute atomic E-state index is 0.0620. The standard InChI is InChI=1S/C36H66N4O12.C27H49N3O9.C9H17NO3/c1-12-22-13-14-23(39-18-21(41)15-16-38-32(44)51-34(3,4)5)30(48-22)49-27-20(2)17-24(37-10)28(25(27)42)50-31-26(43)29(36(9,46)19-47-31)40(11)33(45)52-35(6,7)8;1-9-15-10-11-16(28)23(36-15)37-20-14(2)12-17(29-7)21(18(20)31)38-24-19(32)22(27(6,34)13-35-24)30(8)25(33)39-26(3,4)5;1-9(2,3)13-8(11)10-5-4-7-6-12-7/h13,20-21,23-31,37,39,41-43,46H,12,14-19H2,1-11H3,(H,38,44);10,14,16-24,29,31-32,34H,9,11-13,28H2,1-8H3;7H,4-6H2,1-3H3,(H,10,11)/t20-,21?,23+,24+,25-,26+,27?,28-,29+,30+,31+,36-;14-,16+,17+,18-,19+,20?,21-,22+,23+,24+,27-;/m00./s1. The number of carbonyl (C=O) groups excluding carboxylic acids is 4. The number of alkyl carbamates (subject to hydrolysis) is 2. The maximum absolute atomic E-state index is 13.0. The van der Waals surface area contributed by atoms with Crippen molar-refractivity contribution >= 4 is 24.4 Å². The van der Waals surface area contributed by atoms with Gasteiger partial charge in [-0.05, 0) is 174 Å². The Kier molecular flexibility index (Phi) is 33.5. The lowest BCUT2D eigenvalue weighted by molar-refractivity contribution is -0.313. The molecular weight excluding hydrogens is 1360 g/mol. The SMILES string of the molecule is CC(C)(C)OC(=O)NCCC1CO1.CCC1=CC[C@@H](N)[C@@H](OC2[C@@H](C)C[C@@H](NC)[C@H](O[C@H]3OC[C@](C)(O)[C@H](N(C)C(=O)OC(C)(C)C)[C@H]3O)[C@H]2O)O1.CCC1=CC[C@@H](NCC(O)CCNC(=O)OC(C)(C)C)[C@@H](OC2[C@@H](C)C[C@@H](NC)[C@H](O[C@H]3OC[C@](C)(O)[C@H](N(C)C(=O)OC(C)(C)C)[C@H]3O)[C@H]2O)O1. The fourth-order valence-corrected chi connectivity index (χ4v) is 13.3. The van der Waals surface area contributed by atoms with E-state index in [1.54, 1.807) is 76.4 Å². The molecule has 0 spiro atoms. The number of hydrogen-bond acceptors (Lipinski definition) is 28. The number of ether oxygens (including phenoxy) is 13. The third-order valence-corrected chi connectivity index (χ3v) is 18.6. The molecule has 604 valence electrons. The van der Waals surface area contributed by atoms with E-state index < -0.39 is 144 Å². The first kappa shape index (κ1) is 90.1. The van der Waals surface area contributed by atoms with E-state index in [0.29, 0.717) is 57.6 Å². The molecule has 7 aliphatic rings. The van der Waals surface area contributed by atoms with E-state index in [1.807, 2.05) is 60.6 Å². The molecule has 2 saturated carbocycles. The van der Waals surface area contributed by atoms with E-state index in [0.717, 1.165) is 34.3 Å². The maximum atomic E-state index is 13.0. The number of aliphatic hydroxyl groups is 7. The van der Waals surface area contributed by atoms with Crippen LogP contribution in [0, 0.1) is 11.8 Å². The molecule has 14 N–H and O–H groups in total. The Morgan fingerprint density at radius 1 is 0.577 bits per heavy atom. The summed E-state index contributed by atoms with van der Waals surface area (Å²) in [4.78, 5) is 51.1. The van der Waals surface area contributed by atoms with E-state index in [1.165, 1.54) is 27.9 Å². The van der Waals surface area contributed by atoms with Crippen LogP contribution in [-0.4, -0.2) is 294 Å². The molecule has 4 unspecified atom stereocenters. The highest BCUT2D eigenvalue weighted by atomic mass is 16.7. The van der Waals surface area contributed by atoms with Crippen LogP contribution >= 0.6 is 0 Å². The highest BCUT2D eigenvalue weighted by Crippen LogP contribution is 2.39. The molecule has 5 heterocycles. The number of nitrogens with one attached hydrogen (secondary N) is 5. The molecule has 5 aliphatic heterocycles. The molecule has 0 bridgehead atoms. The van der Waals surface area contributed by atoms with Crippen LogP contribution in [0.5, 0.6) is 0 Å². The summed E-state index contributed by atoms with van der Waals surface area (Å²) in [5, 5.41) is 94.0. The predicted molar refractivity (Wildman–Crippen MR) is 382 cm³/mol. The lowest BCUT2D eigenvalue weighted by Gasteiger charge is -2.50. The van der Waals surface area contributed by atoms with Gasteiger partial charge in [0, 0.05) is 58.7 Å². The third kappa shape index (κ3) is 27.5. The van der Waals surface area contributed by atoms with Gasteiger partial charge in [0.25, 0.3) is 0 Å². The van der Waals surface area contributed by atoms with E-state index in [2.05, 4.69) is 26.6 Å². The monoisotopic (exact) mass is 1490 g/mol. The number of nitrogens with two attached hydrogens (primary N) is 1. The Hall–Kier alpha value is -4.56. The van der Waals surface area contributed by atoms with Gasteiger partial charge < -0.3 is 139 Å². The Labute approximate surface area is 616 Å². The summed E-state index contributed by atoms with van der Waals surface area (Å²) < 4.78 is 75.3. The summed E-state index contributed by atoms with van der Waals surface area (Å²) in [6.45, 7) is 33.5. The van der Waals surface area contributed by atoms with Gasteiger partial charge in [0.1, 0.15) is 70.2 Å². The van der Waals surface area contributed by atoms with Crippen molar-refractivity contribution in [3.63, 3.8) is 0 Å². The van der Waals surface area contributed by atoms with E-state index in [-0.39, 0.29) is 68.4 Å². The molecule has 5 fully saturated rings. The Balaban J connectivity index is 0.000000326. The van der Waals surface area contributed by atoms with Crippen molar-refractivity contribution in [2.75, 3.05) is 67.6 Å². The van der Waals surface area contributed by atoms with Crippen molar-refractivity contribution in [2.45, 2.75) is 332 Å². The molecule has 24 atom stereocenters. The van der Waals surface area contributed by atoms with Gasteiger partial charge >= 0.3 is 24.4 Å². The zero-order valence-electron chi connectivity index (χ0n) is 65.8. The van der Waals surface area contributed by atoms with Gasteiger partial charge in [-0.15, -0.1) is 0 Å². The van der Waals surface area contributed by atoms with Crippen LogP contribution in [0.1, 0.15) is 176 Å². The van der Waals surface area contributed by atoms with Gasteiger partial charge in [0.15, 0.2) is 12.6 Å². The second kappa shape index (κ2) is 38.7. The van der Waals surface area contributed by atoms with E-state index in [9.17, 15) is 54.9 Å². The number of nitrogens with zero attached hydrogens (tertiary/aromatic N) is 2. The summed E-state index contributed by atoms with van der Waals surface area (Å²) in [5.74, 6) is 1.33. The average Bonchev–Trinajstić information content (AvgIpc) is 1.09. The van der Waals surface area contributed by atoms with Gasteiger partial charge in [-0.3, -0.25) is 0 Å². The number of carbonyl (C=O) groups is 4. The molecular formula is C72H132N8O24. The minimum atomic E-state index is -1.63. The minimum Gasteiger partial charge on any atom is -0.468 e.